The quantitative estimate of drug-likeness (QED) is 0.899. The summed E-state index contributed by atoms with van der Waals surface area (Å²) in [5.74, 6) is 2.16. The highest BCUT2D eigenvalue weighted by molar-refractivity contribution is 5.91. The molecular weight excluding hydrogens is 268 g/mol. The molecule has 1 atom stereocenters. The number of methoxy groups -OCH3 is 1. The number of anilines is 1. The predicted molar refractivity (Wildman–Crippen MR) is 81.7 cm³/mol. The molecule has 2 aromatic rings. The number of hydrogen-bond acceptors (Lipinski definition) is 3. The molecule has 0 aliphatic rings. The Morgan fingerprint density at radius 3 is 2.62 bits per heavy atom. The minimum absolute atomic E-state index is 0.213. The Morgan fingerprint density at radius 2 is 2.00 bits per heavy atom. The summed E-state index contributed by atoms with van der Waals surface area (Å²) in [4.78, 5) is 12.1. The fourth-order valence-electron chi connectivity index (χ4n) is 2.03. The van der Waals surface area contributed by atoms with Crippen LogP contribution in [-0.4, -0.2) is 13.1 Å². The Bertz CT molecular complexity index is 634. The van der Waals surface area contributed by atoms with Crippen molar-refractivity contribution in [3.05, 3.63) is 47.4 Å². The number of aryl methyl sites for hydroxylation is 2. The maximum absolute atomic E-state index is 12.1. The molecule has 1 aromatic carbocycles. The van der Waals surface area contributed by atoms with Crippen LogP contribution in [0.5, 0.6) is 5.75 Å². The molecule has 5 nitrogen and oxygen atoms in total. The second-order valence-corrected chi connectivity index (χ2v) is 4.97. The predicted octanol–water partition coefficient (Wildman–Crippen LogP) is 3.79. The molecule has 1 aromatic heterocycles. The van der Waals surface area contributed by atoms with Gasteiger partial charge in [-0.25, -0.2) is 4.79 Å². The molecule has 2 N–H and O–H groups in total. The van der Waals surface area contributed by atoms with Gasteiger partial charge in [-0.2, -0.15) is 0 Å². The van der Waals surface area contributed by atoms with E-state index >= 15 is 0 Å². The number of rotatable bonds is 4. The second kappa shape index (κ2) is 6.35. The lowest BCUT2D eigenvalue weighted by Gasteiger charge is -2.14. The third-order valence-corrected chi connectivity index (χ3v) is 3.14. The van der Waals surface area contributed by atoms with Crippen LogP contribution in [0.15, 0.2) is 34.7 Å². The van der Waals surface area contributed by atoms with Gasteiger partial charge in [0.2, 0.25) is 0 Å². The minimum Gasteiger partial charge on any atom is -0.495 e. The molecule has 0 saturated carbocycles. The van der Waals surface area contributed by atoms with Crippen molar-refractivity contribution in [1.29, 1.82) is 0 Å². The summed E-state index contributed by atoms with van der Waals surface area (Å²) < 4.78 is 10.7. The van der Waals surface area contributed by atoms with Gasteiger partial charge >= 0.3 is 6.03 Å². The van der Waals surface area contributed by atoms with Crippen molar-refractivity contribution < 1.29 is 13.9 Å². The molecule has 1 heterocycles. The van der Waals surface area contributed by atoms with Gasteiger partial charge in [-0.1, -0.05) is 6.07 Å². The molecule has 5 heteroatoms. The molecule has 0 spiro atoms. The smallest absolute Gasteiger partial charge is 0.319 e. The first-order valence-electron chi connectivity index (χ1n) is 6.78. The molecule has 112 valence electrons. The van der Waals surface area contributed by atoms with E-state index in [1.165, 1.54) is 0 Å². The Kier molecular flexibility index (Phi) is 4.52. The van der Waals surface area contributed by atoms with E-state index in [9.17, 15) is 4.79 Å². The van der Waals surface area contributed by atoms with Crippen molar-refractivity contribution in [3.8, 4) is 5.75 Å². The second-order valence-electron chi connectivity index (χ2n) is 4.97. The summed E-state index contributed by atoms with van der Waals surface area (Å²) in [5.41, 5.74) is 1.68. The number of carbonyl (C=O) groups is 1. The van der Waals surface area contributed by atoms with E-state index in [0.29, 0.717) is 11.4 Å². The van der Waals surface area contributed by atoms with Gasteiger partial charge < -0.3 is 19.8 Å². The van der Waals surface area contributed by atoms with E-state index in [1.807, 2.05) is 51.1 Å². The summed E-state index contributed by atoms with van der Waals surface area (Å²) >= 11 is 0. The first-order valence-corrected chi connectivity index (χ1v) is 6.78. The number of carbonyl (C=O) groups excluding carboxylic acids is 1. The maximum atomic E-state index is 12.1. The lowest BCUT2D eigenvalue weighted by Crippen LogP contribution is -2.31. The van der Waals surface area contributed by atoms with E-state index in [2.05, 4.69) is 10.6 Å². The maximum Gasteiger partial charge on any atom is 0.319 e. The third-order valence-electron chi connectivity index (χ3n) is 3.14. The third kappa shape index (κ3) is 3.78. The van der Waals surface area contributed by atoms with E-state index in [4.69, 9.17) is 9.15 Å². The molecule has 0 bridgehead atoms. The van der Waals surface area contributed by atoms with Crippen LogP contribution in [0.4, 0.5) is 10.5 Å². The molecule has 21 heavy (non-hydrogen) atoms. The van der Waals surface area contributed by atoms with Crippen molar-refractivity contribution in [2.75, 3.05) is 12.4 Å². The topological polar surface area (TPSA) is 63.5 Å². The van der Waals surface area contributed by atoms with Gasteiger partial charge in [0.25, 0.3) is 0 Å². The first kappa shape index (κ1) is 15.0. The lowest BCUT2D eigenvalue weighted by molar-refractivity contribution is 0.247. The van der Waals surface area contributed by atoms with Gasteiger partial charge in [0.15, 0.2) is 0 Å². The van der Waals surface area contributed by atoms with E-state index in [0.717, 1.165) is 17.1 Å². The normalized spacial score (nSPS) is 11.8. The number of ether oxygens (including phenoxy) is 1. The van der Waals surface area contributed by atoms with Crippen LogP contribution in [0, 0.1) is 13.8 Å². The van der Waals surface area contributed by atoms with Gasteiger partial charge in [-0.3, -0.25) is 0 Å². The zero-order valence-electron chi connectivity index (χ0n) is 12.7. The summed E-state index contributed by atoms with van der Waals surface area (Å²) in [6, 6.07) is 8.82. The van der Waals surface area contributed by atoms with Gasteiger partial charge in [0.1, 0.15) is 17.3 Å². The highest BCUT2D eigenvalue weighted by atomic mass is 16.5. The number of benzene rings is 1. The minimum atomic E-state index is -0.305. The van der Waals surface area contributed by atoms with Crippen LogP contribution in [0.1, 0.15) is 30.0 Å². The monoisotopic (exact) mass is 288 g/mol. The highest BCUT2D eigenvalue weighted by Gasteiger charge is 2.14. The van der Waals surface area contributed by atoms with E-state index in [1.54, 1.807) is 7.11 Å². The van der Waals surface area contributed by atoms with Gasteiger partial charge in [-0.15, -0.1) is 0 Å². The summed E-state index contributed by atoms with van der Waals surface area (Å²) in [6.45, 7) is 5.69. The molecule has 2 rings (SSSR count). The van der Waals surface area contributed by atoms with Crippen LogP contribution < -0.4 is 15.4 Å². The Balaban J connectivity index is 2.03. The average Bonchev–Trinajstić information content (AvgIpc) is 2.85. The molecule has 1 unspecified atom stereocenters. The van der Waals surface area contributed by atoms with Crippen molar-refractivity contribution in [3.63, 3.8) is 0 Å². The van der Waals surface area contributed by atoms with E-state index < -0.39 is 0 Å². The Hall–Kier alpha value is -2.43. The van der Waals surface area contributed by atoms with Crippen LogP contribution in [0.25, 0.3) is 0 Å². The van der Waals surface area contributed by atoms with Crippen LogP contribution in [0.3, 0.4) is 0 Å². The fraction of sp³-hybridized carbons (Fsp3) is 0.312. The molecule has 0 fully saturated rings. The van der Waals surface area contributed by atoms with Crippen molar-refractivity contribution in [2.45, 2.75) is 26.8 Å². The van der Waals surface area contributed by atoms with Crippen molar-refractivity contribution in [1.82, 2.24) is 5.32 Å². The highest BCUT2D eigenvalue weighted by Crippen LogP contribution is 2.25. The van der Waals surface area contributed by atoms with Gasteiger partial charge in [0.05, 0.1) is 18.8 Å². The number of amides is 2. The standard InChI is InChI=1S/C16H20N2O3/c1-10-5-7-15(20-4)13(9-10)18-16(19)17-12(3)14-8-6-11(2)21-14/h5-9,12H,1-4H3,(H2,17,18,19). The number of urea groups is 1. The average molecular weight is 288 g/mol. The van der Waals surface area contributed by atoms with Crippen LogP contribution in [-0.2, 0) is 0 Å². The molecular formula is C16H20N2O3. The van der Waals surface area contributed by atoms with Gasteiger partial charge in [-0.05, 0) is 50.6 Å². The van der Waals surface area contributed by atoms with Crippen LogP contribution >= 0.6 is 0 Å². The summed E-state index contributed by atoms with van der Waals surface area (Å²) in [7, 11) is 1.57. The Morgan fingerprint density at radius 1 is 1.24 bits per heavy atom. The number of nitrogens with one attached hydrogen (secondary N) is 2. The molecule has 0 saturated heterocycles. The summed E-state index contributed by atoms with van der Waals surface area (Å²) in [6.07, 6.45) is 0. The van der Waals surface area contributed by atoms with E-state index in [-0.39, 0.29) is 12.1 Å². The van der Waals surface area contributed by atoms with Crippen molar-refractivity contribution >= 4 is 11.7 Å². The lowest BCUT2D eigenvalue weighted by atomic mass is 10.2. The zero-order chi connectivity index (χ0) is 15.4. The molecule has 0 radical (unpaired) electrons. The first-order chi connectivity index (χ1) is 9.99. The summed E-state index contributed by atoms with van der Waals surface area (Å²) in [5, 5.41) is 5.62. The van der Waals surface area contributed by atoms with Gasteiger partial charge in [0, 0.05) is 0 Å². The fourth-order valence-corrected chi connectivity index (χ4v) is 2.03. The molecule has 0 aliphatic heterocycles. The Labute approximate surface area is 124 Å². The number of hydrogen-bond donors (Lipinski definition) is 2. The largest absolute Gasteiger partial charge is 0.495 e. The SMILES string of the molecule is COc1ccc(C)cc1NC(=O)NC(C)c1ccc(C)o1. The molecule has 0 aliphatic carbocycles. The number of furan rings is 1. The van der Waals surface area contributed by atoms with Crippen LogP contribution in [0.2, 0.25) is 0 Å². The van der Waals surface area contributed by atoms with Crippen molar-refractivity contribution in [2.24, 2.45) is 0 Å². The zero-order valence-corrected chi connectivity index (χ0v) is 12.7. The molecule has 2 amide bonds.